The highest BCUT2D eigenvalue weighted by Crippen LogP contribution is 2.19. The van der Waals surface area contributed by atoms with E-state index in [9.17, 15) is 13.2 Å². The van der Waals surface area contributed by atoms with Gasteiger partial charge in [0.25, 0.3) is 0 Å². The molecule has 112 valence electrons. The molecular weight excluding hydrogens is 282 g/mol. The van der Waals surface area contributed by atoms with E-state index in [0.717, 1.165) is 0 Å². The molecule has 0 saturated heterocycles. The van der Waals surface area contributed by atoms with Gasteiger partial charge in [-0.05, 0) is 38.0 Å². The van der Waals surface area contributed by atoms with Crippen LogP contribution in [-0.4, -0.2) is 39.3 Å². The van der Waals surface area contributed by atoms with Crippen LogP contribution < -0.4 is 4.72 Å². The largest absolute Gasteiger partial charge is 0.478 e. The monoisotopic (exact) mass is 301 g/mol. The lowest BCUT2D eigenvalue weighted by Crippen LogP contribution is -2.34. The molecule has 0 aliphatic carbocycles. The first kappa shape index (κ1) is 16.6. The summed E-state index contributed by atoms with van der Waals surface area (Å²) in [6.45, 7) is 3.66. The van der Waals surface area contributed by atoms with Crippen LogP contribution in [0.2, 0.25) is 0 Å². The number of benzene rings is 1. The van der Waals surface area contributed by atoms with Gasteiger partial charge in [-0.15, -0.1) is 0 Å². The van der Waals surface area contributed by atoms with E-state index in [2.05, 4.69) is 4.72 Å². The zero-order valence-electron chi connectivity index (χ0n) is 11.7. The summed E-state index contributed by atoms with van der Waals surface area (Å²) in [6, 6.07) is 3.90. The van der Waals surface area contributed by atoms with Gasteiger partial charge in [-0.25, -0.2) is 17.9 Å². The molecule has 0 fully saturated rings. The molecule has 0 heterocycles. The highest BCUT2D eigenvalue weighted by Gasteiger charge is 2.22. The fourth-order valence-electron chi connectivity index (χ4n) is 1.82. The minimum Gasteiger partial charge on any atom is -0.478 e. The number of hydrogen-bond donors (Lipinski definition) is 2. The van der Waals surface area contributed by atoms with Gasteiger partial charge < -0.3 is 9.84 Å². The van der Waals surface area contributed by atoms with Gasteiger partial charge in [0.2, 0.25) is 10.0 Å². The van der Waals surface area contributed by atoms with Crippen LogP contribution in [-0.2, 0) is 14.8 Å². The Balaban J connectivity index is 3.04. The summed E-state index contributed by atoms with van der Waals surface area (Å²) in [6.07, 6.45) is 0.535. The molecule has 0 amide bonds. The number of carboxylic acids is 1. The minimum absolute atomic E-state index is 0.0123. The third-order valence-corrected chi connectivity index (χ3v) is 4.65. The molecule has 6 nitrogen and oxygen atoms in total. The second kappa shape index (κ2) is 6.83. The van der Waals surface area contributed by atoms with Crippen LogP contribution >= 0.6 is 0 Å². The van der Waals surface area contributed by atoms with E-state index in [-0.39, 0.29) is 22.1 Å². The SMILES string of the molecule is COCCC(C)NS(=O)(=O)c1cccc(C(=O)O)c1C. The number of hydrogen-bond acceptors (Lipinski definition) is 4. The zero-order chi connectivity index (χ0) is 15.3. The maximum atomic E-state index is 12.3. The smallest absolute Gasteiger partial charge is 0.335 e. The van der Waals surface area contributed by atoms with Crippen LogP contribution in [0.5, 0.6) is 0 Å². The van der Waals surface area contributed by atoms with Crippen molar-refractivity contribution >= 4 is 16.0 Å². The summed E-state index contributed by atoms with van der Waals surface area (Å²) in [5.74, 6) is -1.15. The number of sulfonamides is 1. The molecule has 7 heteroatoms. The van der Waals surface area contributed by atoms with E-state index in [1.165, 1.54) is 25.1 Å². The molecular formula is C13H19NO5S. The molecule has 0 aliphatic heterocycles. The third-order valence-electron chi connectivity index (χ3n) is 2.92. The summed E-state index contributed by atoms with van der Waals surface area (Å²) in [4.78, 5) is 11.0. The molecule has 1 unspecified atom stereocenters. The van der Waals surface area contributed by atoms with Crippen LogP contribution in [0.4, 0.5) is 0 Å². The molecule has 20 heavy (non-hydrogen) atoms. The number of aromatic carboxylic acids is 1. The molecule has 0 aliphatic rings. The highest BCUT2D eigenvalue weighted by atomic mass is 32.2. The minimum atomic E-state index is -3.75. The Kier molecular flexibility index (Phi) is 5.67. The first-order valence-electron chi connectivity index (χ1n) is 6.13. The van der Waals surface area contributed by atoms with Crippen molar-refractivity contribution in [3.05, 3.63) is 29.3 Å². The van der Waals surface area contributed by atoms with Crippen LogP contribution in [0.1, 0.15) is 29.3 Å². The zero-order valence-corrected chi connectivity index (χ0v) is 12.5. The van der Waals surface area contributed by atoms with Gasteiger partial charge in [0, 0.05) is 19.8 Å². The molecule has 1 rings (SSSR count). The van der Waals surface area contributed by atoms with Crippen LogP contribution in [0, 0.1) is 6.92 Å². The average molecular weight is 301 g/mol. The summed E-state index contributed by atoms with van der Waals surface area (Å²) < 4.78 is 31.9. The second-order valence-electron chi connectivity index (χ2n) is 4.54. The number of nitrogens with one attached hydrogen (secondary N) is 1. The van der Waals surface area contributed by atoms with E-state index in [0.29, 0.717) is 13.0 Å². The normalized spacial score (nSPS) is 13.2. The van der Waals surface area contributed by atoms with Crippen molar-refractivity contribution in [2.75, 3.05) is 13.7 Å². The molecule has 1 aromatic rings. The second-order valence-corrected chi connectivity index (χ2v) is 6.22. The predicted octanol–water partition coefficient (Wildman–Crippen LogP) is 1.40. The lowest BCUT2D eigenvalue weighted by molar-refractivity contribution is 0.0696. The van der Waals surface area contributed by atoms with E-state index in [1.807, 2.05) is 0 Å². The van der Waals surface area contributed by atoms with Gasteiger partial charge in [0.1, 0.15) is 0 Å². The first-order valence-corrected chi connectivity index (χ1v) is 7.62. The molecule has 2 N–H and O–H groups in total. The Morgan fingerprint density at radius 2 is 2.10 bits per heavy atom. The van der Waals surface area contributed by atoms with Gasteiger partial charge in [0.05, 0.1) is 10.5 Å². The van der Waals surface area contributed by atoms with Crippen LogP contribution in [0.25, 0.3) is 0 Å². The predicted molar refractivity (Wildman–Crippen MR) is 74.4 cm³/mol. The number of ether oxygens (including phenoxy) is 1. The molecule has 0 radical (unpaired) electrons. The van der Waals surface area contributed by atoms with Crippen LogP contribution in [0.3, 0.4) is 0 Å². The maximum absolute atomic E-state index is 12.3. The van der Waals surface area contributed by atoms with Gasteiger partial charge in [-0.2, -0.15) is 0 Å². The number of carbonyl (C=O) groups is 1. The van der Waals surface area contributed by atoms with Crippen molar-refractivity contribution in [1.29, 1.82) is 0 Å². The van der Waals surface area contributed by atoms with Gasteiger partial charge >= 0.3 is 5.97 Å². The van der Waals surface area contributed by atoms with Crippen molar-refractivity contribution in [2.24, 2.45) is 0 Å². The van der Waals surface area contributed by atoms with Crippen molar-refractivity contribution in [1.82, 2.24) is 4.72 Å². The van der Waals surface area contributed by atoms with Gasteiger partial charge in [0.15, 0.2) is 0 Å². The Morgan fingerprint density at radius 1 is 1.45 bits per heavy atom. The van der Waals surface area contributed by atoms with E-state index in [1.54, 1.807) is 14.0 Å². The molecule has 0 saturated carbocycles. The number of rotatable bonds is 7. The summed E-state index contributed by atoms with van der Waals surface area (Å²) >= 11 is 0. The van der Waals surface area contributed by atoms with Crippen molar-refractivity contribution in [2.45, 2.75) is 31.2 Å². The standard InChI is InChI=1S/C13H19NO5S/c1-9(7-8-19-3)14-20(17,18)12-6-4-5-11(10(12)2)13(15)16/h4-6,9,14H,7-8H2,1-3H3,(H,15,16). The Morgan fingerprint density at radius 3 is 2.65 bits per heavy atom. The Hall–Kier alpha value is -1.44. The molecule has 1 aromatic carbocycles. The van der Waals surface area contributed by atoms with Crippen molar-refractivity contribution < 1.29 is 23.1 Å². The van der Waals surface area contributed by atoms with E-state index in [4.69, 9.17) is 9.84 Å². The summed E-state index contributed by atoms with van der Waals surface area (Å²) in [7, 11) is -2.20. The lowest BCUT2D eigenvalue weighted by Gasteiger charge is -2.15. The fraction of sp³-hybridized carbons (Fsp3) is 0.462. The lowest BCUT2D eigenvalue weighted by atomic mass is 10.1. The first-order chi connectivity index (χ1) is 9.29. The number of carboxylic acid groups (broad SMARTS) is 1. The molecule has 1 atom stereocenters. The highest BCUT2D eigenvalue weighted by molar-refractivity contribution is 7.89. The fourth-order valence-corrected chi connectivity index (χ4v) is 3.36. The van der Waals surface area contributed by atoms with Crippen LogP contribution in [0.15, 0.2) is 23.1 Å². The average Bonchev–Trinajstić information content (AvgIpc) is 2.35. The molecule has 0 bridgehead atoms. The Bertz CT molecular complexity index is 582. The molecule has 0 spiro atoms. The van der Waals surface area contributed by atoms with E-state index < -0.39 is 16.0 Å². The van der Waals surface area contributed by atoms with E-state index >= 15 is 0 Å². The Labute approximate surface area is 118 Å². The molecule has 0 aromatic heterocycles. The number of methoxy groups -OCH3 is 1. The summed E-state index contributed by atoms with van der Waals surface area (Å²) in [5, 5.41) is 9.02. The quantitative estimate of drug-likeness (QED) is 0.794. The summed E-state index contributed by atoms with van der Waals surface area (Å²) in [5.41, 5.74) is 0.212. The van der Waals surface area contributed by atoms with Crippen molar-refractivity contribution in [3.8, 4) is 0 Å². The third kappa shape index (κ3) is 4.03. The van der Waals surface area contributed by atoms with Gasteiger partial charge in [-0.3, -0.25) is 0 Å². The van der Waals surface area contributed by atoms with Gasteiger partial charge in [-0.1, -0.05) is 6.07 Å². The van der Waals surface area contributed by atoms with Crippen molar-refractivity contribution in [3.63, 3.8) is 0 Å². The maximum Gasteiger partial charge on any atom is 0.335 e. The topological polar surface area (TPSA) is 92.7 Å².